The van der Waals surface area contributed by atoms with Crippen molar-refractivity contribution in [3.05, 3.63) is 82.9 Å². The summed E-state index contributed by atoms with van der Waals surface area (Å²) in [5.41, 5.74) is 18.0. The first kappa shape index (κ1) is 26.6. The van der Waals surface area contributed by atoms with E-state index in [1.807, 2.05) is 0 Å². The van der Waals surface area contributed by atoms with Gasteiger partial charge in [-0.25, -0.2) is 0 Å². The summed E-state index contributed by atoms with van der Waals surface area (Å²) in [6, 6.07) is 24.7. The first-order chi connectivity index (χ1) is 22.3. The van der Waals surface area contributed by atoms with Gasteiger partial charge in [0.2, 0.25) is 0 Å². The van der Waals surface area contributed by atoms with Gasteiger partial charge < -0.3 is 9.47 Å². The minimum absolute atomic E-state index is 0.0691. The molecule has 4 aromatic carbocycles. The summed E-state index contributed by atoms with van der Waals surface area (Å²) in [7, 11) is 0. The van der Waals surface area contributed by atoms with Gasteiger partial charge in [-0.2, -0.15) is 0 Å². The van der Waals surface area contributed by atoms with Crippen LogP contribution in [0.1, 0.15) is 87.5 Å². The average Bonchev–Trinajstić information content (AvgIpc) is 3.49. The van der Waals surface area contributed by atoms with E-state index < -0.39 is 0 Å². The molecule has 6 unspecified atom stereocenters. The zero-order chi connectivity index (χ0) is 30.9. The van der Waals surface area contributed by atoms with Crippen LogP contribution in [0.2, 0.25) is 0 Å². The molecular weight excluding hydrogens is 555 g/mol. The van der Waals surface area contributed by atoms with E-state index in [0.717, 1.165) is 23.7 Å². The second-order valence-electron chi connectivity index (χ2n) is 16.8. The van der Waals surface area contributed by atoms with E-state index in [9.17, 15) is 0 Å². The van der Waals surface area contributed by atoms with Crippen LogP contribution in [-0.2, 0) is 5.41 Å². The molecule has 0 radical (unpaired) electrons. The van der Waals surface area contributed by atoms with Gasteiger partial charge in [0, 0.05) is 38.8 Å². The van der Waals surface area contributed by atoms with Crippen molar-refractivity contribution in [1.82, 2.24) is 4.57 Å². The molecule has 4 heterocycles. The topological polar surface area (TPSA) is 8.17 Å². The molecule has 0 bridgehead atoms. The number of hydrogen-bond donors (Lipinski definition) is 0. The van der Waals surface area contributed by atoms with Crippen LogP contribution in [0.15, 0.2) is 60.7 Å². The second kappa shape index (κ2) is 8.52. The maximum absolute atomic E-state index is 3.01. The van der Waals surface area contributed by atoms with Crippen molar-refractivity contribution in [2.24, 2.45) is 23.7 Å². The minimum Gasteiger partial charge on any atom is -0.335 e. The number of nitrogens with zero attached hydrogens (tertiary/aromatic N) is 2. The number of fused-ring (bicyclic) bond motifs is 15. The summed E-state index contributed by atoms with van der Waals surface area (Å²) in [4.78, 5) is 3.01. The third kappa shape index (κ3) is 2.80. The molecule has 3 fully saturated rings. The molecule has 6 atom stereocenters. The van der Waals surface area contributed by atoms with Crippen LogP contribution in [-0.4, -0.2) is 16.8 Å². The quantitative estimate of drug-likeness (QED) is 0.159. The smallest absolute Gasteiger partial charge is 0.252 e. The second-order valence-corrected chi connectivity index (χ2v) is 16.8. The number of benzene rings is 4. The molecule has 3 saturated carbocycles. The Bertz CT molecular complexity index is 2190. The lowest BCUT2D eigenvalue weighted by Crippen LogP contribution is -2.70. The fourth-order valence-corrected chi connectivity index (χ4v) is 13.3. The van der Waals surface area contributed by atoms with E-state index in [0.29, 0.717) is 0 Å². The van der Waals surface area contributed by atoms with E-state index >= 15 is 0 Å². The highest BCUT2D eigenvalue weighted by atomic mass is 15.3. The van der Waals surface area contributed by atoms with Crippen molar-refractivity contribution in [2.45, 2.75) is 96.9 Å². The van der Waals surface area contributed by atoms with Gasteiger partial charge in [-0.15, -0.1) is 0 Å². The lowest BCUT2D eigenvalue weighted by molar-refractivity contribution is -0.0768. The molecule has 0 saturated heterocycles. The molecule has 3 heteroatoms. The van der Waals surface area contributed by atoms with Crippen molar-refractivity contribution in [1.29, 1.82) is 0 Å². The summed E-state index contributed by atoms with van der Waals surface area (Å²) < 4.78 is 2.65. The lowest BCUT2D eigenvalue weighted by atomic mass is 9.33. The van der Waals surface area contributed by atoms with E-state index in [1.54, 1.807) is 22.2 Å². The molecule has 0 spiro atoms. The summed E-state index contributed by atoms with van der Waals surface area (Å²) in [5.74, 6) is 3.26. The van der Waals surface area contributed by atoms with Crippen molar-refractivity contribution < 1.29 is 0 Å². The number of anilines is 2. The monoisotopic (exact) mass is 600 g/mol. The molecule has 1 aromatic heterocycles. The van der Waals surface area contributed by atoms with Gasteiger partial charge in [-0.05, 0) is 129 Å². The molecule has 3 aliphatic heterocycles. The van der Waals surface area contributed by atoms with Gasteiger partial charge in [0.1, 0.15) is 0 Å². The van der Waals surface area contributed by atoms with Crippen molar-refractivity contribution in [3.63, 3.8) is 0 Å². The molecule has 3 aliphatic carbocycles. The molecule has 46 heavy (non-hydrogen) atoms. The molecule has 230 valence electrons. The molecule has 0 N–H and O–H groups in total. The Morgan fingerprint density at radius 2 is 1.35 bits per heavy atom. The minimum atomic E-state index is 0.0691. The van der Waals surface area contributed by atoms with Crippen LogP contribution in [0.25, 0.3) is 27.5 Å². The van der Waals surface area contributed by atoms with Crippen LogP contribution >= 0.6 is 0 Å². The van der Waals surface area contributed by atoms with Gasteiger partial charge in [-0.3, -0.25) is 0 Å². The summed E-state index contributed by atoms with van der Waals surface area (Å²) in [6.45, 7) is 12.7. The lowest BCUT2D eigenvalue weighted by Gasteiger charge is -2.66. The zero-order valence-corrected chi connectivity index (χ0v) is 28.2. The number of rotatable bonds is 0. The third-order valence-electron chi connectivity index (χ3n) is 14.9. The van der Waals surface area contributed by atoms with E-state index in [1.165, 1.54) is 107 Å². The van der Waals surface area contributed by atoms with Gasteiger partial charge in [0.15, 0.2) is 0 Å². The fourth-order valence-electron chi connectivity index (χ4n) is 13.3. The van der Waals surface area contributed by atoms with Crippen LogP contribution in [0.4, 0.5) is 11.4 Å². The van der Waals surface area contributed by atoms with Crippen molar-refractivity contribution in [2.75, 3.05) is 4.90 Å². The Balaban J connectivity index is 1.29. The zero-order valence-electron chi connectivity index (χ0n) is 28.2. The summed E-state index contributed by atoms with van der Waals surface area (Å²) in [5, 5.41) is 2.81. The van der Waals surface area contributed by atoms with Gasteiger partial charge >= 0.3 is 0 Å². The summed E-state index contributed by atoms with van der Waals surface area (Å²) in [6.07, 6.45) is 11.4. The van der Waals surface area contributed by atoms with Crippen LogP contribution < -0.4 is 21.3 Å². The van der Waals surface area contributed by atoms with Crippen molar-refractivity contribution >= 4 is 56.3 Å². The predicted molar refractivity (Wildman–Crippen MR) is 195 cm³/mol. The predicted octanol–water partition coefficient (Wildman–Crippen LogP) is 8.65. The largest absolute Gasteiger partial charge is 0.335 e. The number of aryl methyl sites for hydroxylation is 3. The molecule has 5 aromatic rings. The van der Waals surface area contributed by atoms with Gasteiger partial charge in [0.05, 0.1) is 11.1 Å². The molecule has 11 rings (SSSR count). The average molecular weight is 601 g/mol. The molecule has 2 nitrogen and oxygen atoms in total. The van der Waals surface area contributed by atoms with Crippen LogP contribution in [0, 0.1) is 44.4 Å². The Kier molecular flexibility index (Phi) is 4.92. The highest BCUT2D eigenvalue weighted by Crippen LogP contribution is 2.71. The van der Waals surface area contributed by atoms with E-state index in [2.05, 4.69) is 105 Å². The first-order valence-electron chi connectivity index (χ1n) is 18.5. The number of aromatic nitrogens is 1. The molecule has 6 aliphatic rings. The van der Waals surface area contributed by atoms with E-state index in [-0.39, 0.29) is 17.7 Å². The molecule has 0 amide bonds. The summed E-state index contributed by atoms with van der Waals surface area (Å²) >= 11 is 0. The van der Waals surface area contributed by atoms with Crippen LogP contribution in [0.5, 0.6) is 0 Å². The third-order valence-corrected chi connectivity index (χ3v) is 14.9. The standard InChI is InChI=1S/C43H45BN2/c1-24-17-18-36-29(19-24)30-20-25(2)22-34-40(30)45(36)37-15-10-16-38-39(37)44(34)35-23-26(3)21-33-41(35)46(38)43(5)32-14-9-7-12-28(32)27-11-6-8-13-31(27)42(33,43)4/h10,15-23,27-28,31-32H,6-9,11-14H2,1-5H3. The SMILES string of the molecule is Cc1cc2c3c(c1)C1(C)C4CCCCC4C4CCCCC4C1(C)N3c1cccc3c1B2c1cc(C)cc2c4cc(C)ccc4n-3c12. The number of hydrogen-bond acceptors (Lipinski definition) is 1. The maximum atomic E-state index is 3.01. The Morgan fingerprint density at radius 3 is 2.17 bits per heavy atom. The Hall–Kier alpha value is -3.46. The normalized spacial score (nSPS) is 31.4. The highest BCUT2D eigenvalue weighted by Gasteiger charge is 2.71. The van der Waals surface area contributed by atoms with Gasteiger partial charge in [0.25, 0.3) is 6.71 Å². The van der Waals surface area contributed by atoms with Crippen LogP contribution in [0.3, 0.4) is 0 Å². The van der Waals surface area contributed by atoms with Crippen molar-refractivity contribution in [3.8, 4) is 5.69 Å². The Morgan fingerprint density at radius 1 is 0.674 bits per heavy atom. The van der Waals surface area contributed by atoms with E-state index in [4.69, 9.17) is 0 Å². The highest BCUT2D eigenvalue weighted by molar-refractivity contribution is 7.00. The fraction of sp³-hybridized carbons (Fsp3) is 0.442. The first-order valence-corrected chi connectivity index (χ1v) is 18.5. The molecular formula is C43H45BN2. The van der Waals surface area contributed by atoms with Gasteiger partial charge in [-0.1, -0.05) is 79.6 Å². The maximum Gasteiger partial charge on any atom is 0.252 e. The Labute approximate surface area is 274 Å².